The Hall–Kier alpha value is -3.16. The number of amides is 2. The molecule has 0 atom stereocenters. The molecule has 2 rings (SSSR count). The average molecular weight is 429 g/mol. The summed E-state index contributed by atoms with van der Waals surface area (Å²) in [5.74, 6) is -0.111. The summed E-state index contributed by atoms with van der Waals surface area (Å²) >= 11 is 0. The van der Waals surface area contributed by atoms with Crippen LogP contribution in [0.2, 0.25) is 0 Å². The van der Waals surface area contributed by atoms with Crippen LogP contribution in [0.3, 0.4) is 0 Å². The highest BCUT2D eigenvalue weighted by Crippen LogP contribution is 2.15. The molecule has 1 heterocycles. The number of hydrogen-bond acceptors (Lipinski definition) is 4. The predicted molar refractivity (Wildman–Crippen MR) is 120 cm³/mol. The van der Waals surface area contributed by atoms with Crippen molar-refractivity contribution in [2.75, 3.05) is 19.6 Å². The Morgan fingerprint density at radius 1 is 1.13 bits per heavy atom. The van der Waals surface area contributed by atoms with E-state index in [9.17, 15) is 19.7 Å². The molecule has 0 saturated heterocycles. The molecular weight excluding hydrogens is 396 g/mol. The van der Waals surface area contributed by atoms with Gasteiger partial charge in [-0.1, -0.05) is 27.2 Å². The predicted octanol–water partition coefficient (Wildman–Crippen LogP) is 3.86. The minimum atomic E-state index is -0.500. The molecule has 0 radical (unpaired) electrons. The highest BCUT2D eigenvalue weighted by atomic mass is 16.6. The normalized spacial score (nSPS) is 10.9. The van der Waals surface area contributed by atoms with E-state index < -0.39 is 4.92 Å². The van der Waals surface area contributed by atoms with E-state index in [1.165, 1.54) is 24.3 Å². The summed E-state index contributed by atoms with van der Waals surface area (Å²) in [5.41, 5.74) is 1.29. The van der Waals surface area contributed by atoms with Crippen LogP contribution >= 0.6 is 0 Å². The van der Waals surface area contributed by atoms with Gasteiger partial charge in [-0.25, -0.2) is 0 Å². The smallest absolute Gasteiger partial charge is 0.269 e. The Morgan fingerprint density at radius 2 is 1.81 bits per heavy atom. The molecule has 0 bridgehead atoms. The molecule has 31 heavy (non-hydrogen) atoms. The fourth-order valence-electron chi connectivity index (χ4n) is 3.32. The standard InChI is InChI=1S/C23H32N4O4/c1-5-6-14-25(23(29)19-9-11-20(12-10-19)27(30)31)17-22(28)26(15-18(2)3)16-21-8-7-13-24(21)4/h7-13,18H,5-6,14-17H2,1-4H3. The number of non-ortho nitro benzene ring substituents is 1. The van der Waals surface area contributed by atoms with Crippen LogP contribution in [0.15, 0.2) is 42.6 Å². The van der Waals surface area contributed by atoms with E-state index in [1.807, 2.05) is 36.9 Å². The fourth-order valence-corrected chi connectivity index (χ4v) is 3.32. The second-order valence-corrected chi connectivity index (χ2v) is 8.16. The summed E-state index contributed by atoms with van der Waals surface area (Å²) in [6.45, 7) is 7.65. The third-order valence-corrected chi connectivity index (χ3v) is 5.06. The summed E-state index contributed by atoms with van der Waals surface area (Å²) in [7, 11) is 1.94. The molecular formula is C23H32N4O4. The number of rotatable bonds is 11. The van der Waals surface area contributed by atoms with Crippen molar-refractivity contribution in [1.29, 1.82) is 0 Å². The third-order valence-electron chi connectivity index (χ3n) is 5.06. The van der Waals surface area contributed by atoms with Gasteiger partial charge < -0.3 is 14.4 Å². The van der Waals surface area contributed by atoms with Crippen molar-refractivity contribution in [3.63, 3.8) is 0 Å². The van der Waals surface area contributed by atoms with Gasteiger partial charge in [0, 0.05) is 49.7 Å². The van der Waals surface area contributed by atoms with Crippen LogP contribution < -0.4 is 0 Å². The largest absolute Gasteiger partial charge is 0.353 e. The van der Waals surface area contributed by atoms with E-state index in [0.29, 0.717) is 31.1 Å². The Labute approximate surface area is 183 Å². The number of nitro groups is 1. The molecule has 0 spiro atoms. The lowest BCUT2D eigenvalue weighted by Crippen LogP contribution is -2.44. The third kappa shape index (κ3) is 6.94. The van der Waals surface area contributed by atoms with Crippen LogP contribution in [-0.2, 0) is 18.4 Å². The second-order valence-electron chi connectivity index (χ2n) is 8.16. The summed E-state index contributed by atoms with van der Waals surface area (Å²) in [4.78, 5) is 40.0. The lowest BCUT2D eigenvalue weighted by atomic mass is 10.1. The van der Waals surface area contributed by atoms with Crippen LogP contribution in [0.5, 0.6) is 0 Å². The Morgan fingerprint density at radius 3 is 2.32 bits per heavy atom. The summed E-state index contributed by atoms with van der Waals surface area (Å²) in [6.07, 6.45) is 3.60. The van der Waals surface area contributed by atoms with Crippen molar-refractivity contribution in [2.45, 2.75) is 40.2 Å². The van der Waals surface area contributed by atoms with Gasteiger partial charge in [0.15, 0.2) is 0 Å². The van der Waals surface area contributed by atoms with Gasteiger partial charge in [-0.3, -0.25) is 19.7 Å². The van der Waals surface area contributed by atoms with Crippen LogP contribution in [0.1, 0.15) is 49.7 Å². The van der Waals surface area contributed by atoms with Crippen molar-refractivity contribution >= 4 is 17.5 Å². The average Bonchev–Trinajstić information content (AvgIpc) is 3.14. The summed E-state index contributed by atoms with van der Waals surface area (Å²) in [6, 6.07) is 9.44. The lowest BCUT2D eigenvalue weighted by Gasteiger charge is -2.29. The van der Waals surface area contributed by atoms with E-state index in [4.69, 9.17) is 0 Å². The molecule has 0 saturated carbocycles. The fraction of sp³-hybridized carbons (Fsp3) is 0.478. The number of nitrogens with zero attached hydrogens (tertiary/aromatic N) is 4. The number of hydrogen-bond donors (Lipinski definition) is 0. The molecule has 0 fully saturated rings. The minimum absolute atomic E-state index is 0.0209. The minimum Gasteiger partial charge on any atom is -0.353 e. The molecule has 0 aliphatic rings. The number of aryl methyl sites for hydroxylation is 1. The van der Waals surface area contributed by atoms with Gasteiger partial charge in [-0.05, 0) is 36.6 Å². The zero-order valence-electron chi connectivity index (χ0n) is 18.8. The van der Waals surface area contributed by atoms with E-state index >= 15 is 0 Å². The van der Waals surface area contributed by atoms with Gasteiger partial charge >= 0.3 is 0 Å². The van der Waals surface area contributed by atoms with Crippen molar-refractivity contribution < 1.29 is 14.5 Å². The number of carbonyl (C=O) groups excluding carboxylic acids is 2. The number of carbonyl (C=O) groups is 2. The molecule has 0 aliphatic heterocycles. The molecule has 2 aromatic rings. The zero-order valence-corrected chi connectivity index (χ0v) is 18.8. The lowest BCUT2D eigenvalue weighted by molar-refractivity contribution is -0.384. The topological polar surface area (TPSA) is 88.7 Å². The van der Waals surface area contributed by atoms with E-state index in [1.54, 1.807) is 9.80 Å². The maximum absolute atomic E-state index is 13.2. The van der Waals surface area contributed by atoms with Crippen LogP contribution in [-0.4, -0.2) is 50.7 Å². The first kappa shape index (κ1) is 24.1. The van der Waals surface area contributed by atoms with Gasteiger partial charge in [0.05, 0.1) is 11.5 Å². The van der Waals surface area contributed by atoms with Crippen molar-refractivity contribution in [2.24, 2.45) is 13.0 Å². The second kappa shape index (κ2) is 11.3. The molecule has 0 N–H and O–H groups in total. The number of nitro benzene ring substituents is 1. The molecule has 1 aromatic heterocycles. The molecule has 0 unspecified atom stereocenters. The Balaban J connectivity index is 2.19. The summed E-state index contributed by atoms with van der Waals surface area (Å²) in [5, 5.41) is 10.9. The van der Waals surface area contributed by atoms with Crippen molar-refractivity contribution in [3.8, 4) is 0 Å². The molecule has 8 heteroatoms. The van der Waals surface area contributed by atoms with Crippen molar-refractivity contribution in [3.05, 3.63) is 64.0 Å². The van der Waals surface area contributed by atoms with Gasteiger partial charge in [0.1, 0.15) is 6.54 Å². The highest BCUT2D eigenvalue weighted by molar-refractivity contribution is 5.96. The van der Waals surface area contributed by atoms with Crippen LogP contribution in [0.25, 0.3) is 0 Å². The van der Waals surface area contributed by atoms with E-state index in [-0.39, 0.29) is 24.0 Å². The first-order chi connectivity index (χ1) is 14.7. The number of unbranched alkanes of at least 4 members (excludes halogenated alkanes) is 1. The maximum atomic E-state index is 13.2. The highest BCUT2D eigenvalue weighted by Gasteiger charge is 2.23. The zero-order chi connectivity index (χ0) is 23.0. The first-order valence-corrected chi connectivity index (χ1v) is 10.6. The Bertz CT molecular complexity index is 889. The SMILES string of the molecule is CCCCN(CC(=O)N(Cc1cccn1C)CC(C)C)C(=O)c1ccc([N+](=O)[O-])cc1. The molecule has 1 aromatic carbocycles. The molecule has 0 aliphatic carbocycles. The first-order valence-electron chi connectivity index (χ1n) is 10.6. The van der Waals surface area contributed by atoms with E-state index in [0.717, 1.165) is 18.5 Å². The monoisotopic (exact) mass is 428 g/mol. The molecule has 2 amide bonds. The van der Waals surface area contributed by atoms with Gasteiger partial charge in [-0.15, -0.1) is 0 Å². The van der Waals surface area contributed by atoms with Crippen molar-refractivity contribution in [1.82, 2.24) is 14.4 Å². The molecule has 168 valence electrons. The van der Waals surface area contributed by atoms with Crippen LogP contribution in [0, 0.1) is 16.0 Å². The number of benzene rings is 1. The quantitative estimate of drug-likeness (QED) is 0.402. The Kier molecular flexibility index (Phi) is 8.78. The van der Waals surface area contributed by atoms with Gasteiger partial charge in [0.25, 0.3) is 11.6 Å². The number of aromatic nitrogens is 1. The van der Waals surface area contributed by atoms with E-state index in [2.05, 4.69) is 13.8 Å². The van der Waals surface area contributed by atoms with Gasteiger partial charge in [-0.2, -0.15) is 0 Å². The van der Waals surface area contributed by atoms with Crippen LogP contribution in [0.4, 0.5) is 5.69 Å². The molecule has 8 nitrogen and oxygen atoms in total. The van der Waals surface area contributed by atoms with Gasteiger partial charge in [0.2, 0.25) is 5.91 Å². The summed E-state index contributed by atoms with van der Waals surface area (Å²) < 4.78 is 1.98. The maximum Gasteiger partial charge on any atom is 0.269 e.